The van der Waals surface area contributed by atoms with Gasteiger partial charge in [-0.15, -0.1) is 0 Å². The van der Waals surface area contributed by atoms with E-state index in [0.29, 0.717) is 23.6 Å². The molecule has 8 heteroatoms. The molecule has 3 amide bonds. The molecule has 0 unspecified atom stereocenters. The lowest BCUT2D eigenvalue weighted by Gasteiger charge is -2.27. The number of amides is 3. The van der Waals surface area contributed by atoms with Gasteiger partial charge >= 0.3 is 6.03 Å². The van der Waals surface area contributed by atoms with Gasteiger partial charge in [0.1, 0.15) is 12.3 Å². The first-order valence-corrected chi connectivity index (χ1v) is 10.5. The van der Waals surface area contributed by atoms with Gasteiger partial charge in [0.15, 0.2) is 0 Å². The smallest absolute Gasteiger partial charge is 0.322 e. The maximum atomic E-state index is 13.3. The van der Waals surface area contributed by atoms with Gasteiger partial charge in [-0.2, -0.15) is 5.26 Å². The highest BCUT2D eigenvalue weighted by Crippen LogP contribution is 2.13. The molecule has 1 heterocycles. The average Bonchev–Trinajstić information content (AvgIpc) is 3.35. The van der Waals surface area contributed by atoms with Crippen molar-refractivity contribution in [2.45, 2.75) is 13.1 Å². The average molecular weight is 447 g/mol. The number of rotatable bonds is 10. The molecule has 0 fully saturated rings. The van der Waals surface area contributed by atoms with E-state index < -0.39 is 6.03 Å². The number of hydrogen-bond acceptors (Lipinski definition) is 5. The summed E-state index contributed by atoms with van der Waals surface area (Å²) < 4.78 is 10.6. The Balaban J connectivity index is 1.72. The topological polar surface area (TPSA) is 98.8 Å². The SMILES string of the molecule is COCCN(CC(=O)N(Cc1ccccc1)Cc1ccco1)C(=O)Nc1ccc(C#N)cc1. The van der Waals surface area contributed by atoms with E-state index >= 15 is 0 Å². The molecule has 8 nitrogen and oxygen atoms in total. The molecule has 0 spiro atoms. The highest BCUT2D eigenvalue weighted by molar-refractivity contribution is 5.92. The third-order valence-corrected chi connectivity index (χ3v) is 4.94. The van der Waals surface area contributed by atoms with E-state index in [1.54, 1.807) is 41.5 Å². The Morgan fingerprint density at radius 1 is 1.00 bits per heavy atom. The zero-order chi connectivity index (χ0) is 23.5. The number of carbonyl (C=O) groups excluding carboxylic acids is 2. The van der Waals surface area contributed by atoms with Crippen LogP contribution in [-0.4, -0.2) is 48.5 Å². The fourth-order valence-corrected chi connectivity index (χ4v) is 3.17. The molecule has 0 atom stereocenters. The minimum atomic E-state index is -0.428. The summed E-state index contributed by atoms with van der Waals surface area (Å²) in [6.45, 7) is 1.07. The Morgan fingerprint density at radius 3 is 2.39 bits per heavy atom. The number of benzene rings is 2. The van der Waals surface area contributed by atoms with Crippen LogP contribution in [0, 0.1) is 11.3 Å². The van der Waals surface area contributed by atoms with E-state index in [1.165, 1.54) is 12.0 Å². The predicted octanol–water partition coefficient (Wildman–Crippen LogP) is 3.86. The second-order valence-electron chi connectivity index (χ2n) is 7.35. The van der Waals surface area contributed by atoms with Crippen LogP contribution in [0.2, 0.25) is 0 Å². The molecule has 33 heavy (non-hydrogen) atoms. The number of urea groups is 1. The zero-order valence-electron chi connectivity index (χ0n) is 18.4. The number of hydrogen-bond donors (Lipinski definition) is 1. The van der Waals surface area contributed by atoms with Crippen LogP contribution in [0.4, 0.5) is 10.5 Å². The monoisotopic (exact) mass is 446 g/mol. The quantitative estimate of drug-likeness (QED) is 0.510. The van der Waals surface area contributed by atoms with Crippen molar-refractivity contribution in [2.24, 2.45) is 0 Å². The molecule has 0 aliphatic rings. The summed E-state index contributed by atoms with van der Waals surface area (Å²) in [4.78, 5) is 29.2. The summed E-state index contributed by atoms with van der Waals surface area (Å²) in [5.74, 6) is 0.436. The molecule has 0 saturated carbocycles. The van der Waals surface area contributed by atoms with Crippen LogP contribution in [0.1, 0.15) is 16.9 Å². The fraction of sp³-hybridized carbons (Fsp3) is 0.240. The van der Waals surface area contributed by atoms with Crippen molar-refractivity contribution in [3.8, 4) is 6.07 Å². The number of methoxy groups -OCH3 is 1. The minimum absolute atomic E-state index is 0.126. The number of anilines is 1. The summed E-state index contributed by atoms with van der Waals surface area (Å²) in [5.41, 5.74) is 2.00. The molecule has 0 bridgehead atoms. The van der Waals surface area contributed by atoms with Crippen LogP contribution >= 0.6 is 0 Å². The summed E-state index contributed by atoms with van der Waals surface area (Å²) in [7, 11) is 1.54. The van der Waals surface area contributed by atoms with E-state index in [2.05, 4.69) is 5.32 Å². The second-order valence-corrected chi connectivity index (χ2v) is 7.35. The van der Waals surface area contributed by atoms with E-state index in [0.717, 1.165) is 5.56 Å². The Morgan fingerprint density at radius 2 is 1.76 bits per heavy atom. The van der Waals surface area contributed by atoms with Crippen molar-refractivity contribution in [3.05, 3.63) is 89.9 Å². The lowest BCUT2D eigenvalue weighted by molar-refractivity contribution is -0.133. The first-order valence-electron chi connectivity index (χ1n) is 10.5. The standard InChI is InChI=1S/C25H26N4O4/c1-32-15-13-28(25(31)27-22-11-9-20(16-26)10-12-22)19-24(30)29(18-23-8-5-14-33-23)17-21-6-3-2-4-7-21/h2-12,14H,13,15,17-19H2,1H3,(H,27,31). The van der Waals surface area contributed by atoms with Crippen molar-refractivity contribution in [1.82, 2.24) is 9.80 Å². The maximum absolute atomic E-state index is 13.3. The minimum Gasteiger partial charge on any atom is -0.467 e. The third-order valence-electron chi connectivity index (χ3n) is 4.94. The van der Waals surface area contributed by atoms with Gasteiger partial charge in [0.2, 0.25) is 5.91 Å². The summed E-state index contributed by atoms with van der Waals surface area (Å²) in [6.07, 6.45) is 1.57. The molecule has 0 aliphatic carbocycles. The van der Waals surface area contributed by atoms with Crippen LogP contribution in [0.15, 0.2) is 77.4 Å². The normalized spacial score (nSPS) is 10.3. The van der Waals surface area contributed by atoms with Gasteiger partial charge in [0.05, 0.1) is 31.0 Å². The zero-order valence-corrected chi connectivity index (χ0v) is 18.4. The van der Waals surface area contributed by atoms with Gasteiger partial charge in [-0.3, -0.25) is 4.79 Å². The summed E-state index contributed by atoms with van der Waals surface area (Å²) in [6, 6.07) is 21.4. The molecule has 3 aromatic rings. The highest BCUT2D eigenvalue weighted by Gasteiger charge is 2.22. The number of nitrogens with zero attached hydrogens (tertiary/aromatic N) is 3. The van der Waals surface area contributed by atoms with E-state index in [4.69, 9.17) is 14.4 Å². The van der Waals surface area contributed by atoms with Crippen LogP contribution < -0.4 is 5.32 Å². The summed E-state index contributed by atoms with van der Waals surface area (Å²) in [5, 5.41) is 11.7. The molecule has 0 aliphatic heterocycles. The van der Waals surface area contributed by atoms with Gasteiger partial charge < -0.3 is 24.3 Å². The third kappa shape index (κ3) is 7.23. The largest absolute Gasteiger partial charge is 0.467 e. The highest BCUT2D eigenvalue weighted by atomic mass is 16.5. The molecule has 170 valence electrons. The van der Waals surface area contributed by atoms with Crippen molar-refractivity contribution in [1.29, 1.82) is 5.26 Å². The van der Waals surface area contributed by atoms with Gasteiger partial charge in [-0.25, -0.2) is 4.79 Å². The van der Waals surface area contributed by atoms with E-state index in [1.807, 2.05) is 42.5 Å². The Hall–Kier alpha value is -4.09. The Kier molecular flexibility index (Phi) is 8.63. The van der Waals surface area contributed by atoms with Crippen molar-refractivity contribution >= 4 is 17.6 Å². The van der Waals surface area contributed by atoms with Crippen molar-refractivity contribution < 1.29 is 18.7 Å². The molecular weight excluding hydrogens is 420 g/mol. The first-order chi connectivity index (χ1) is 16.1. The molecule has 1 aromatic heterocycles. The van der Waals surface area contributed by atoms with Crippen molar-refractivity contribution in [2.75, 3.05) is 32.1 Å². The van der Waals surface area contributed by atoms with Crippen molar-refractivity contribution in [3.63, 3.8) is 0 Å². The molecule has 0 radical (unpaired) electrons. The molecule has 0 saturated heterocycles. The lowest BCUT2D eigenvalue weighted by atomic mass is 10.2. The van der Waals surface area contributed by atoms with Crippen LogP contribution in [0.5, 0.6) is 0 Å². The van der Waals surface area contributed by atoms with E-state index in [-0.39, 0.29) is 32.1 Å². The van der Waals surface area contributed by atoms with Crippen LogP contribution in [0.3, 0.4) is 0 Å². The lowest BCUT2D eigenvalue weighted by Crippen LogP contribution is -2.45. The van der Waals surface area contributed by atoms with Gasteiger partial charge in [-0.1, -0.05) is 30.3 Å². The number of furan rings is 1. The van der Waals surface area contributed by atoms with Crippen LogP contribution in [0.25, 0.3) is 0 Å². The van der Waals surface area contributed by atoms with Gasteiger partial charge in [0, 0.05) is 25.9 Å². The molecule has 1 N–H and O–H groups in total. The number of carbonyl (C=O) groups is 2. The van der Waals surface area contributed by atoms with Crippen LogP contribution in [-0.2, 0) is 22.6 Å². The first kappa shape index (κ1) is 23.6. The van der Waals surface area contributed by atoms with E-state index in [9.17, 15) is 9.59 Å². The fourth-order valence-electron chi connectivity index (χ4n) is 3.17. The number of ether oxygens (including phenoxy) is 1. The Bertz CT molecular complexity index is 1060. The maximum Gasteiger partial charge on any atom is 0.322 e. The molecule has 2 aromatic carbocycles. The predicted molar refractivity (Wildman–Crippen MR) is 123 cm³/mol. The summed E-state index contributed by atoms with van der Waals surface area (Å²) >= 11 is 0. The Labute approximate surface area is 193 Å². The number of nitrogens with one attached hydrogen (secondary N) is 1. The molecule has 3 rings (SSSR count). The number of nitriles is 1. The van der Waals surface area contributed by atoms with Gasteiger partial charge in [-0.05, 0) is 42.0 Å². The second kappa shape index (κ2) is 12.1. The molecular formula is C25H26N4O4. The van der Waals surface area contributed by atoms with Gasteiger partial charge in [0.25, 0.3) is 0 Å².